The van der Waals surface area contributed by atoms with Gasteiger partial charge in [0.2, 0.25) is 0 Å². The summed E-state index contributed by atoms with van der Waals surface area (Å²) in [5.74, 6) is 0.595. The Bertz CT molecular complexity index is 410. The van der Waals surface area contributed by atoms with Crippen LogP contribution in [0.1, 0.15) is 10.4 Å². The summed E-state index contributed by atoms with van der Waals surface area (Å²) in [5, 5.41) is 9.02. The number of rotatable bonds is 7. The number of anilines is 1. The number of aromatic nitrogens is 1. The maximum Gasteiger partial charge on any atom is 0.254 e. The molecule has 0 unspecified atom stereocenters. The minimum Gasteiger partial charge on any atom is -0.395 e. The Morgan fingerprint density at radius 1 is 1.42 bits per heavy atom. The standard InChI is InChI=1S/C13H21N3O3/c1-15(2)12-10-11(4-5-14-12)13(18)16(6-8-17)7-9-19-3/h4-5,10,17H,6-9H2,1-3H3. The quantitative estimate of drug-likeness (QED) is 0.766. The van der Waals surface area contributed by atoms with E-state index in [0.29, 0.717) is 25.3 Å². The predicted octanol–water partition coefficient (Wildman–Crippen LogP) is 0.229. The van der Waals surface area contributed by atoms with Crippen molar-refractivity contribution >= 4 is 11.7 Å². The number of carbonyl (C=O) groups is 1. The number of pyridine rings is 1. The first-order valence-electron chi connectivity index (χ1n) is 6.12. The Morgan fingerprint density at radius 2 is 2.16 bits per heavy atom. The number of methoxy groups -OCH3 is 1. The normalized spacial score (nSPS) is 10.3. The molecule has 0 aromatic carbocycles. The molecule has 1 N–H and O–H groups in total. The molecule has 0 spiro atoms. The Morgan fingerprint density at radius 3 is 2.74 bits per heavy atom. The van der Waals surface area contributed by atoms with E-state index in [1.807, 2.05) is 19.0 Å². The summed E-state index contributed by atoms with van der Waals surface area (Å²) >= 11 is 0. The first-order valence-corrected chi connectivity index (χ1v) is 6.12. The van der Waals surface area contributed by atoms with Gasteiger partial charge in [-0.25, -0.2) is 4.98 Å². The number of ether oxygens (including phenoxy) is 1. The van der Waals surface area contributed by atoms with Gasteiger partial charge in [0.25, 0.3) is 5.91 Å². The minimum atomic E-state index is -0.128. The van der Waals surface area contributed by atoms with Crippen molar-refractivity contribution in [2.75, 3.05) is 52.4 Å². The molecule has 0 aliphatic rings. The van der Waals surface area contributed by atoms with Crippen molar-refractivity contribution in [2.24, 2.45) is 0 Å². The van der Waals surface area contributed by atoms with E-state index in [4.69, 9.17) is 9.84 Å². The van der Waals surface area contributed by atoms with Gasteiger partial charge in [0.05, 0.1) is 13.2 Å². The number of hydrogen-bond acceptors (Lipinski definition) is 5. The SMILES string of the molecule is COCCN(CCO)C(=O)c1ccnc(N(C)C)c1. The lowest BCUT2D eigenvalue weighted by atomic mass is 10.2. The summed E-state index contributed by atoms with van der Waals surface area (Å²) in [6.07, 6.45) is 1.61. The molecule has 0 fully saturated rings. The molecule has 0 saturated carbocycles. The van der Waals surface area contributed by atoms with Crippen molar-refractivity contribution in [3.05, 3.63) is 23.9 Å². The van der Waals surface area contributed by atoms with Crippen molar-refractivity contribution in [3.8, 4) is 0 Å². The molecule has 0 saturated heterocycles. The van der Waals surface area contributed by atoms with Crippen molar-refractivity contribution in [1.82, 2.24) is 9.88 Å². The number of nitrogens with zero attached hydrogens (tertiary/aromatic N) is 3. The van der Waals surface area contributed by atoms with E-state index in [0.717, 1.165) is 5.82 Å². The van der Waals surface area contributed by atoms with Crippen LogP contribution in [0, 0.1) is 0 Å². The molecule has 0 aliphatic carbocycles. The van der Waals surface area contributed by atoms with Crippen LogP contribution in [0.25, 0.3) is 0 Å². The first-order chi connectivity index (χ1) is 9.10. The lowest BCUT2D eigenvalue weighted by Gasteiger charge is -2.22. The number of carbonyl (C=O) groups excluding carboxylic acids is 1. The van der Waals surface area contributed by atoms with Crippen molar-refractivity contribution in [3.63, 3.8) is 0 Å². The summed E-state index contributed by atoms with van der Waals surface area (Å²) in [7, 11) is 5.32. The van der Waals surface area contributed by atoms with Gasteiger partial charge >= 0.3 is 0 Å². The van der Waals surface area contributed by atoms with Crippen molar-refractivity contribution < 1.29 is 14.6 Å². The van der Waals surface area contributed by atoms with Crippen LogP contribution in [0.4, 0.5) is 5.82 Å². The van der Waals surface area contributed by atoms with Crippen LogP contribution >= 0.6 is 0 Å². The zero-order chi connectivity index (χ0) is 14.3. The molecule has 1 aromatic rings. The van der Waals surface area contributed by atoms with Crippen molar-refractivity contribution in [2.45, 2.75) is 0 Å². The van der Waals surface area contributed by atoms with E-state index < -0.39 is 0 Å². The molecule has 6 nitrogen and oxygen atoms in total. The molecule has 0 atom stereocenters. The molecular formula is C13H21N3O3. The molecule has 1 aromatic heterocycles. The van der Waals surface area contributed by atoms with Gasteiger partial charge in [-0.15, -0.1) is 0 Å². The lowest BCUT2D eigenvalue weighted by molar-refractivity contribution is 0.0656. The molecule has 1 rings (SSSR count). The highest BCUT2D eigenvalue weighted by Gasteiger charge is 2.16. The van der Waals surface area contributed by atoms with Gasteiger partial charge in [0, 0.05) is 46.1 Å². The zero-order valence-corrected chi connectivity index (χ0v) is 11.7. The second-order valence-corrected chi connectivity index (χ2v) is 4.31. The fourth-order valence-electron chi connectivity index (χ4n) is 1.62. The molecular weight excluding hydrogens is 246 g/mol. The van der Waals surface area contributed by atoms with Crippen LogP contribution in [0.2, 0.25) is 0 Å². The van der Waals surface area contributed by atoms with E-state index in [1.165, 1.54) is 0 Å². The molecule has 106 valence electrons. The second kappa shape index (κ2) is 7.70. The fourth-order valence-corrected chi connectivity index (χ4v) is 1.62. The van der Waals surface area contributed by atoms with E-state index >= 15 is 0 Å². The summed E-state index contributed by atoms with van der Waals surface area (Å²) in [4.78, 5) is 19.9. The van der Waals surface area contributed by atoms with Crippen LogP contribution in [0.3, 0.4) is 0 Å². The van der Waals surface area contributed by atoms with E-state index in [9.17, 15) is 4.79 Å². The van der Waals surface area contributed by atoms with Crippen LogP contribution in [0.5, 0.6) is 0 Å². The van der Waals surface area contributed by atoms with Gasteiger partial charge in [-0.05, 0) is 12.1 Å². The van der Waals surface area contributed by atoms with Gasteiger partial charge in [-0.1, -0.05) is 0 Å². The third-order valence-electron chi connectivity index (χ3n) is 2.67. The third kappa shape index (κ3) is 4.50. The van der Waals surface area contributed by atoms with Gasteiger partial charge in [0.15, 0.2) is 0 Å². The van der Waals surface area contributed by atoms with Gasteiger partial charge in [-0.3, -0.25) is 4.79 Å². The Labute approximate surface area is 113 Å². The van der Waals surface area contributed by atoms with E-state index in [1.54, 1.807) is 30.3 Å². The number of aliphatic hydroxyl groups is 1. The second-order valence-electron chi connectivity index (χ2n) is 4.31. The third-order valence-corrected chi connectivity index (χ3v) is 2.67. The maximum atomic E-state index is 12.3. The van der Waals surface area contributed by atoms with E-state index in [2.05, 4.69) is 4.98 Å². The zero-order valence-electron chi connectivity index (χ0n) is 11.7. The summed E-state index contributed by atoms with van der Waals surface area (Å²) in [6, 6.07) is 3.41. The largest absolute Gasteiger partial charge is 0.395 e. The molecule has 0 radical (unpaired) electrons. The van der Waals surface area contributed by atoms with Crippen molar-refractivity contribution in [1.29, 1.82) is 0 Å². The lowest BCUT2D eigenvalue weighted by Crippen LogP contribution is -2.36. The molecule has 0 aliphatic heterocycles. The van der Waals surface area contributed by atoms with Crippen LogP contribution < -0.4 is 4.90 Å². The van der Waals surface area contributed by atoms with Gasteiger partial charge in [0.1, 0.15) is 5.82 Å². The highest BCUT2D eigenvalue weighted by molar-refractivity contribution is 5.94. The average Bonchev–Trinajstić information content (AvgIpc) is 2.42. The number of hydrogen-bond donors (Lipinski definition) is 1. The van der Waals surface area contributed by atoms with Gasteiger partial charge in [-0.2, -0.15) is 0 Å². The highest BCUT2D eigenvalue weighted by atomic mass is 16.5. The summed E-state index contributed by atoms with van der Waals surface area (Å²) < 4.78 is 4.97. The molecule has 19 heavy (non-hydrogen) atoms. The minimum absolute atomic E-state index is 0.0684. The maximum absolute atomic E-state index is 12.3. The topological polar surface area (TPSA) is 65.9 Å². The van der Waals surface area contributed by atoms with E-state index in [-0.39, 0.29) is 12.5 Å². The molecule has 0 bridgehead atoms. The molecule has 1 amide bonds. The average molecular weight is 267 g/mol. The predicted molar refractivity (Wildman–Crippen MR) is 73.4 cm³/mol. The summed E-state index contributed by atoms with van der Waals surface area (Å²) in [6.45, 7) is 1.12. The molecule has 6 heteroatoms. The monoisotopic (exact) mass is 267 g/mol. The fraction of sp³-hybridized carbons (Fsp3) is 0.538. The first kappa shape index (κ1) is 15.4. The van der Waals surface area contributed by atoms with Gasteiger partial charge < -0.3 is 19.6 Å². The van der Waals surface area contributed by atoms with Crippen LogP contribution in [-0.4, -0.2) is 68.4 Å². The Kier molecular flexibility index (Phi) is 6.24. The van der Waals surface area contributed by atoms with Crippen LogP contribution in [0.15, 0.2) is 18.3 Å². The molecule has 1 heterocycles. The Hall–Kier alpha value is -1.66. The smallest absolute Gasteiger partial charge is 0.254 e. The Balaban J connectivity index is 2.85. The highest BCUT2D eigenvalue weighted by Crippen LogP contribution is 2.11. The number of amides is 1. The summed E-state index contributed by atoms with van der Waals surface area (Å²) in [5.41, 5.74) is 0.559. The van der Waals surface area contributed by atoms with Crippen LogP contribution in [-0.2, 0) is 4.74 Å². The number of aliphatic hydroxyl groups excluding tert-OH is 1.